The number of aromatic nitrogens is 2. The Morgan fingerprint density at radius 1 is 1.03 bits per heavy atom. The maximum absolute atomic E-state index is 12.9. The number of aliphatic hydroxyl groups excluding tert-OH is 1. The zero-order chi connectivity index (χ0) is 23.5. The molecular weight excluding hydrogens is 432 g/mol. The molecule has 3 aliphatic heterocycles. The maximum atomic E-state index is 12.9. The van der Waals surface area contributed by atoms with E-state index in [4.69, 9.17) is 9.47 Å². The molecule has 178 valence electrons. The van der Waals surface area contributed by atoms with Crippen LogP contribution in [0.4, 0.5) is 0 Å². The summed E-state index contributed by atoms with van der Waals surface area (Å²) < 4.78 is 11.8. The first-order valence-corrected chi connectivity index (χ1v) is 10.8. The van der Waals surface area contributed by atoms with Crippen molar-refractivity contribution < 1.29 is 24.2 Å². The lowest BCUT2D eigenvalue weighted by Crippen LogP contribution is -2.44. The summed E-state index contributed by atoms with van der Waals surface area (Å²) in [5.74, 6) is -0.573. The predicted molar refractivity (Wildman–Crippen MR) is 118 cm³/mol. The van der Waals surface area contributed by atoms with Gasteiger partial charge in [-0.15, -0.1) is 0 Å². The van der Waals surface area contributed by atoms with Gasteiger partial charge in [0.05, 0.1) is 32.0 Å². The Morgan fingerprint density at radius 3 is 2.21 bits per heavy atom. The van der Waals surface area contributed by atoms with Crippen LogP contribution in [0.15, 0.2) is 27.6 Å². The van der Waals surface area contributed by atoms with Crippen molar-refractivity contribution in [2.75, 3.05) is 59.7 Å². The van der Waals surface area contributed by atoms with Gasteiger partial charge in [0.15, 0.2) is 11.9 Å². The van der Waals surface area contributed by atoms with Crippen molar-refractivity contribution in [3.05, 3.63) is 39.3 Å². The zero-order valence-corrected chi connectivity index (χ0v) is 18.7. The molecule has 0 saturated carbocycles. The summed E-state index contributed by atoms with van der Waals surface area (Å²) >= 11 is 0. The first kappa shape index (κ1) is 23.0. The fraction of sp³-hybridized carbons (Fsp3) is 0.524. The van der Waals surface area contributed by atoms with E-state index in [2.05, 4.69) is 10.2 Å². The molecule has 2 saturated heterocycles. The first-order valence-electron chi connectivity index (χ1n) is 10.8. The molecule has 2 fully saturated rings. The summed E-state index contributed by atoms with van der Waals surface area (Å²) in [6, 6.07) is 0. The lowest BCUT2D eigenvalue weighted by Gasteiger charge is -2.26. The number of aryl methyl sites for hydroxylation is 1. The van der Waals surface area contributed by atoms with Crippen LogP contribution in [0.5, 0.6) is 0 Å². The SMILES string of the molecule is CN1N=C(C(=O)N2CCOCC2)C(=CC=Cc2c(C(=O)N3CCOCC3)[nH]n(C)c2=O)C1O. The highest BCUT2D eigenvalue weighted by molar-refractivity contribution is 6.46. The molecular formula is C21H28N6O6. The average Bonchev–Trinajstić information content (AvgIpc) is 3.29. The van der Waals surface area contributed by atoms with E-state index in [-0.39, 0.29) is 34.3 Å². The molecule has 0 spiro atoms. The van der Waals surface area contributed by atoms with Gasteiger partial charge in [0.2, 0.25) is 0 Å². The molecule has 0 bridgehead atoms. The van der Waals surface area contributed by atoms with Gasteiger partial charge in [-0.05, 0) is 6.08 Å². The van der Waals surface area contributed by atoms with Gasteiger partial charge in [-0.3, -0.25) is 29.2 Å². The molecule has 1 aromatic heterocycles. The molecule has 33 heavy (non-hydrogen) atoms. The van der Waals surface area contributed by atoms with Gasteiger partial charge >= 0.3 is 0 Å². The van der Waals surface area contributed by atoms with Crippen molar-refractivity contribution in [2.45, 2.75) is 6.23 Å². The number of likely N-dealkylation sites (N-methyl/N-ethyl adjacent to an activating group) is 1. The van der Waals surface area contributed by atoms with Crippen molar-refractivity contribution in [1.82, 2.24) is 24.6 Å². The number of carbonyl (C=O) groups excluding carboxylic acids is 2. The Kier molecular flexibility index (Phi) is 6.77. The number of hydrogen-bond donors (Lipinski definition) is 2. The number of nitrogens with zero attached hydrogens (tertiary/aromatic N) is 5. The molecule has 1 unspecified atom stereocenters. The third-order valence-corrected chi connectivity index (χ3v) is 5.80. The molecule has 3 aliphatic rings. The van der Waals surface area contributed by atoms with Crippen LogP contribution < -0.4 is 5.56 Å². The molecule has 1 aromatic rings. The molecule has 4 heterocycles. The summed E-state index contributed by atoms with van der Waals surface area (Å²) in [6.45, 7) is 3.60. The first-order chi connectivity index (χ1) is 15.9. The van der Waals surface area contributed by atoms with Crippen molar-refractivity contribution in [1.29, 1.82) is 0 Å². The number of morpholine rings is 2. The van der Waals surface area contributed by atoms with Crippen LogP contribution in [0, 0.1) is 0 Å². The molecule has 1 atom stereocenters. The highest BCUT2D eigenvalue weighted by Gasteiger charge is 2.34. The molecule has 0 aromatic carbocycles. The fourth-order valence-corrected chi connectivity index (χ4v) is 3.90. The van der Waals surface area contributed by atoms with Gasteiger partial charge in [0.1, 0.15) is 5.69 Å². The van der Waals surface area contributed by atoms with Crippen LogP contribution in [-0.2, 0) is 21.3 Å². The van der Waals surface area contributed by atoms with Gasteiger partial charge in [-0.25, -0.2) is 0 Å². The zero-order valence-electron chi connectivity index (χ0n) is 18.7. The molecule has 0 radical (unpaired) electrons. The number of H-pyrrole nitrogens is 1. The van der Waals surface area contributed by atoms with Crippen LogP contribution in [0.3, 0.4) is 0 Å². The minimum atomic E-state index is -1.10. The second kappa shape index (κ2) is 9.73. The van der Waals surface area contributed by atoms with Crippen LogP contribution in [0.2, 0.25) is 0 Å². The van der Waals surface area contributed by atoms with E-state index in [1.807, 2.05) is 0 Å². The van der Waals surface area contributed by atoms with E-state index >= 15 is 0 Å². The number of allylic oxidation sites excluding steroid dienone is 2. The number of hydrogen-bond acceptors (Lipinski definition) is 8. The number of nitrogens with one attached hydrogen (secondary N) is 1. The van der Waals surface area contributed by atoms with E-state index in [0.717, 1.165) is 0 Å². The van der Waals surface area contributed by atoms with E-state index < -0.39 is 6.23 Å². The lowest BCUT2D eigenvalue weighted by atomic mass is 10.1. The topological polar surface area (TPSA) is 133 Å². The van der Waals surface area contributed by atoms with E-state index in [0.29, 0.717) is 58.2 Å². The van der Waals surface area contributed by atoms with E-state index in [9.17, 15) is 19.5 Å². The van der Waals surface area contributed by atoms with Crippen LogP contribution in [0.25, 0.3) is 6.08 Å². The quantitative estimate of drug-likeness (QED) is 0.565. The second-order valence-electron chi connectivity index (χ2n) is 7.95. The average molecular weight is 460 g/mol. The lowest BCUT2D eigenvalue weighted by molar-refractivity contribution is -0.127. The fourth-order valence-electron chi connectivity index (χ4n) is 3.90. The minimum Gasteiger partial charge on any atom is -0.378 e. The number of ether oxygens (including phenoxy) is 2. The Bertz CT molecular complexity index is 1060. The second-order valence-corrected chi connectivity index (χ2v) is 7.95. The van der Waals surface area contributed by atoms with Crippen LogP contribution in [0.1, 0.15) is 16.1 Å². The third-order valence-electron chi connectivity index (χ3n) is 5.80. The third kappa shape index (κ3) is 4.63. The largest absolute Gasteiger partial charge is 0.378 e. The van der Waals surface area contributed by atoms with Gasteiger partial charge < -0.3 is 24.4 Å². The molecule has 4 rings (SSSR count). The summed E-state index contributed by atoms with van der Waals surface area (Å²) in [5, 5.41) is 18.8. The van der Waals surface area contributed by atoms with Gasteiger partial charge in [-0.1, -0.05) is 12.2 Å². The Balaban J connectivity index is 1.58. The Hall–Kier alpha value is -3.22. The molecule has 2 N–H and O–H groups in total. The van der Waals surface area contributed by atoms with Gasteiger partial charge in [-0.2, -0.15) is 5.10 Å². The summed E-state index contributed by atoms with van der Waals surface area (Å²) in [4.78, 5) is 41.7. The van der Waals surface area contributed by atoms with Gasteiger partial charge in [0, 0.05) is 45.8 Å². The Labute approximate surface area is 190 Å². The number of aliphatic hydroxyl groups is 1. The van der Waals surface area contributed by atoms with E-state index in [1.54, 1.807) is 29.0 Å². The van der Waals surface area contributed by atoms with Crippen molar-refractivity contribution >= 4 is 23.6 Å². The highest BCUT2D eigenvalue weighted by Crippen LogP contribution is 2.20. The van der Waals surface area contributed by atoms with Gasteiger partial charge in [0.25, 0.3) is 17.4 Å². The number of aromatic amines is 1. The maximum Gasteiger partial charge on any atom is 0.274 e. The normalized spacial score (nSPS) is 23.0. The predicted octanol–water partition coefficient (Wildman–Crippen LogP) is -1.40. The standard InChI is InChI=1S/C21H28N6O6/c1-24-18(28)14(16(22-24)20(30)26-6-10-32-11-7-26)4-3-5-15-17(23-25(2)19(15)29)21(31)27-8-12-33-13-9-27/h3-5,18,23,28H,6-13H2,1-2H3. The number of rotatable bonds is 4. The van der Waals surface area contributed by atoms with Crippen molar-refractivity contribution in [3.8, 4) is 0 Å². The number of amides is 2. The smallest absolute Gasteiger partial charge is 0.274 e. The summed E-state index contributed by atoms with van der Waals surface area (Å²) in [7, 11) is 3.11. The highest BCUT2D eigenvalue weighted by atomic mass is 16.5. The van der Waals surface area contributed by atoms with Crippen LogP contribution in [-0.4, -0.2) is 113 Å². The van der Waals surface area contributed by atoms with E-state index in [1.165, 1.54) is 22.8 Å². The molecule has 0 aliphatic carbocycles. The minimum absolute atomic E-state index is 0.142. The number of hydrazone groups is 1. The summed E-state index contributed by atoms with van der Waals surface area (Å²) in [5.41, 5.74) is 0.483. The summed E-state index contributed by atoms with van der Waals surface area (Å²) in [6.07, 6.45) is 3.49. The van der Waals surface area contributed by atoms with Crippen molar-refractivity contribution in [2.24, 2.45) is 12.1 Å². The van der Waals surface area contributed by atoms with Crippen LogP contribution >= 0.6 is 0 Å². The van der Waals surface area contributed by atoms with Crippen molar-refractivity contribution in [3.63, 3.8) is 0 Å². The molecule has 2 amide bonds. The monoisotopic (exact) mass is 460 g/mol. The number of carbonyl (C=O) groups is 2. The Morgan fingerprint density at radius 2 is 1.61 bits per heavy atom. The molecule has 12 nitrogen and oxygen atoms in total. The molecule has 12 heteroatoms.